The largest absolute Gasteiger partial charge is 0.261 e. The lowest BCUT2D eigenvalue weighted by Gasteiger charge is -1.97. The molecule has 0 bridgehead atoms. The summed E-state index contributed by atoms with van der Waals surface area (Å²) in [4.78, 5) is 8.50. The lowest BCUT2D eigenvalue weighted by molar-refractivity contribution is 1.17. The van der Waals surface area contributed by atoms with Crippen LogP contribution in [0.1, 0.15) is 10.7 Å². The first kappa shape index (κ1) is 8.31. The van der Waals surface area contributed by atoms with Crippen molar-refractivity contribution in [2.75, 3.05) is 0 Å². The number of pyridine rings is 1. The average molecular weight is 191 g/mol. The fraction of sp³-hybridized carbons (Fsp3) is 0.222. The fourth-order valence-electron chi connectivity index (χ4n) is 1.13. The van der Waals surface area contributed by atoms with E-state index < -0.39 is 0 Å². The Balaban J connectivity index is 2.52. The van der Waals surface area contributed by atoms with Crippen LogP contribution in [0.25, 0.3) is 11.4 Å². The van der Waals surface area contributed by atoms with Crippen LogP contribution in [0.4, 0.5) is 0 Å². The molecule has 0 aliphatic heterocycles. The van der Waals surface area contributed by atoms with E-state index in [1.54, 1.807) is 6.20 Å². The van der Waals surface area contributed by atoms with Crippen LogP contribution in [-0.4, -0.2) is 14.3 Å². The summed E-state index contributed by atoms with van der Waals surface area (Å²) in [7, 11) is 0. The maximum absolute atomic E-state index is 4.31. The maximum Gasteiger partial charge on any atom is 0.174 e. The Kier molecular flexibility index (Phi) is 2.06. The predicted octanol–water partition coefficient (Wildman–Crippen LogP) is 2.22. The van der Waals surface area contributed by atoms with E-state index in [0.717, 1.165) is 22.1 Å². The molecule has 2 aromatic rings. The van der Waals surface area contributed by atoms with Gasteiger partial charge in [-0.25, -0.2) is 4.98 Å². The van der Waals surface area contributed by atoms with Crippen LogP contribution in [0.15, 0.2) is 18.3 Å². The normalized spacial score (nSPS) is 10.3. The zero-order valence-electron chi connectivity index (χ0n) is 7.48. The summed E-state index contributed by atoms with van der Waals surface area (Å²) in [6, 6.07) is 3.89. The summed E-state index contributed by atoms with van der Waals surface area (Å²) in [6.45, 7) is 3.92. The maximum atomic E-state index is 4.31. The van der Waals surface area contributed by atoms with Crippen molar-refractivity contribution < 1.29 is 0 Å². The van der Waals surface area contributed by atoms with Crippen molar-refractivity contribution in [3.8, 4) is 11.4 Å². The fourth-order valence-corrected chi connectivity index (χ4v) is 1.61. The Morgan fingerprint density at radius 1 is 1.31 bits per heavy atom. The van der Waals surface area contributed by atoms with Crippen molar-refractivity contribution >= 4 is 11.5 Å². The molecule has 0 N–H and O–H groups in total. The van der Waals surface area contributed by atoms with Gasteiger partial charge < -0.3 is 0 Å². The van der Waals surface area contributed by atoms with E-state index >= 15 is 0 Å². The molecule has 0 aromatic carbocycles. The molecule has 0 unspecified atom stereocenters. The molecular formula is C9H9N3S. The van der Waals surface area contributed by atoms with Crippen molar-refractivity contribution in [2.24, 2.45) is 0 Å². The summed E-state index contributed by atoms with van der Waals surface area (Å²) in [5, 5.41) is 0.984. The first-order valence-electron chi connectivity index (χ1n) is 3.99. The predicted molar refractivity (Wildman–Crippen MR) is 52.6 cm³/mol. The average Bonchev–Trinajstić information content (AvgIpc) is 2.53. The van der Waals surface area contributed by atoms with Gasteiger partial charge in [0.25, 0.3) is 0 Å². The smallest absolute Gasteiger partial charge is 0.174 e. The summed E-state index contributed by atoms with van der Waals surface area (Å²) >= 11 is 1.42. The molecule has 0 amide bonds. The van der Waals surface area contributed by atoms with Gasteiger partial charge in [0.2, 0.25) is 0 Å². The molecule has 0 spiro atoms. The number of hydrogen-bond donors (Lipinski definition) is 0. The van der Waals surface area contributed by atoms with Crippen LogP contribution >= 0.6 is 11.5 Å². The Bertz CT molecular complexity index is 422. The minimum absolute atomic E-state index is 0.785. The zero-order chi connectivity index (χ0) is 9.26. The standard InChI is InChI=1S/C9H9N3S/c1-6-8(4-3-5-10-6)9-11-7(2)13-12-9/h3-5H,1-2H3. The first-order chi connectivity index (χ1) is 6.27. The van der Waals surface area contributed by atoms with E-state index in [9.17, 15) is 0 Å². The summed E-state index contributed by atoms with van der Waals surface area (Å²) in [5.41, 5.74) is 1.99. The molecule has 0 aliphatic rings. The van der Waals surface area contributed by atoms with Gasteiger partial charge in [-0.1, -0.05) is 0 Å². The number of nitrogens with zero attached hydrogens (tertiary/aromatic N) is 3. The van der Waals surface area contributed by atoms with Gasteiger partial charge in [0.1, 0.15) is 5.01 Å². The molecule has 2 rings (SSSR count). The van der Waals surface area contributed by atoms with E-state index in [0.29, 0.717) is 0 Å². The van der Waals surface area contributed by atoms with Crippen LogP contribution in [-0.2, 0) is 0 Å². The third-order valence-corrected chi connectivity index (χ3v) is 2.40. The molecule has 0 saturated heterocycles. The third-order valence-electron chi connectivity index (χ3n) is 1.78. The van der Waals surface area contributed by atoms with Crippen LogP contribution in [0, 0.1) is 13.8 Å². The number of aromatic nitrogens is 3. The summed E-state index contributed by atoms with van der Waals surface area (Å²) in [5.74, 6) is 0.785. The quantitative estimate of drug-likeness (QED) is 0.693. The third kappa shape index (κ3) is 1.58. The molecular weight excluding hydrogens is 182 g/mol. The Morgan fingerprint density at radius 2 is 2.15 bits per heavy atom. The molecule has 0 aliphatic carbocycles. The van der Waals surface area contributed by atoms with E-state index in [1.165, 1.54) is 11.5 Å². The number of rotatable bonds is 1. The second-order valence-corrected chi connectivity index (χ2v) is 3.73. The van der Waals surface area contributed by atoms with Crippen LogP contribution in [0.5, 0.6) is 0 Å². The van der Waals surface area contributed by atoms with E-state index in [4.69, 9.17) is 0 Å². The van der Waals surface area contributed by atoms with Crippen molar-refractivity contribution in [3.63, 3.8) is 0 Å². The van der Waals surface area contributed by atoms with Gasteiger partial charge in [-0.2, -0.15) is 4.37 Å². The summed E-state index contributed by atoms with van der Waals surface area (Å²) in [6.07, 6.45) is 1.78. The molecule has 2 aromatic heterocycles. The van der Waals surface area contributed by atoms with Crippen molar-refractivity contribution in [2.45, 2.75) is 13.8 Å². The van der Waals surface area contributed by atoms with Gasteiger partial charge in [0.15, 0.2) is 5.82 Å². The molecule has 0 atom stereocenters. The van der Waals surface area contributed by atoms with E-state index in [-0.39, 0.29) is 0 Å². The van der Waals surface area contributed by atoms with Crippen molar-refractivity contribution in [3.05, 3.63) is 29.0 Å². The SMILES string of the molecule is Cc1nc(-c2cccnc2C)ns1. The molecule has 4 heteroatoms. The monoisotopic (exact) mass is 191 g/mol. The molecule has 0 saturated carbocycles. The van der Waals surface area contributed by atoms with Crippen LogP contribution in [0.3, 0.4) is 0 Å². The van der Waals surface area contributed by atoms with Crippen molar-refractivity contribution in [1.82, 2.24) is 14.3 Å². The summed E-state index contributed by atoms with van der Waals surface area (Å²) < 4.78 is 4.24. The van der Waals surface area contributed by atoms with Gasteiger partial charge in [-0.05, 0) is 37.5 Å². The minimum Gasteiger partial charge on any atom is -0.261 e. The Hall–Kier alpha value is -1.29. The molecule has 2 heterocycles. The molecule has 3 nitrogen and oxygen atoms in total. The highest BCUT2D eigenvalue weighted by Crippen LogP contribution is 2.19. The van der Waals surface area contributed by atoms with E-state index in [2.05, 4.69) is 14.3 Å². The first-order valence-corrected chi connectivity index (χ1v) is 4.77. The molecule has 13 heavy (non-hydrogen) atoms. The highest BCUT2D eigenvalue weighted by Gasteiger charge is 2.06. The van der Waals surface area contributed by atoms with E-state index in [1.807, 2.05) is 26.0 Å². The number of aryl methyl sites for hydroxylation is 2. The Labute approximate surface area is 80.7 Å². The highest BCUT2D eigenvalue weighted by molar-refractivity contribution is 7.05. The zero-order valence-corrected chi connectivity index (χ0v) is 8.30. The number of hydrogen-bond acceptors (Lipinski definition) is 4. The van der Waals surface area contributed by atoms with Gasteiger partial charge >= 0.3 is 0 Å². The van der Waals surface area contributed by atoms with Gasteiger partial charge in [0.05, 0.1) is 0 Å². The molecule has 66 valence electrons. The lowest BCUT2D eigenvalue weighted by Crippen LogP contribution is -1.87. The molecule has 0 fully saturated rings. The topological polar surface area (TPSA) is 38.7 Å². The Morgan fingerprint density at radius 3 is 2.77 bits per heavy atom. The lowest BCUT2D eigenvalue weighted by atomic mass is 10.2. The second-order valence-electron chi connectivity index (χ2n) is 2.77. The van der Waals surface area contributed by atoms with Gasteiger partial charge in [0, 0.05) is 17.5 Å². The highest BCUT2D eigenvalue weighted by atomic mass is 32.1. The molecule has 0 radical (unpaired) electrons. The van der Waals surface area contributed by atoms with Crippen LogP contribution < -0.4 is 0 Å². The minimum atomic E-state index is 0.785. The second kappa shape index (κ2) is 3.22. The van der Waals surface area contributed by atoms with Crippen molar-refractivity contribution in [1.29, 1.82) is 0 Å². The van der Waals surface area contributed by atoms with Gasteiger partial charge in [-0.3, -0.25) is 4.98 Å². The van der Waals surface area contributed by atoms with Crippen LogP contribution in [0.2, 0.25) is 0 Å². The van der Waals surface area contributed by atoms with Gasteiger partial charge in [-0.15, -0.1) is 0 Å².